The van der Waals surface area contributed by atoms with E-state index in [1.54, 1.807) is 0 Å². The highest BCUT2D eigenvalue weighted by atomic mass is 32.3. The second-order valence-corrected chi connectivity index (χ2v) is 3.28. The summed E-state index contributed by atoms with van der Waals surface area (Å²) >= 11 is 0. The molecule has 0 aromatic carbocycles. The van der Waals surface area contributed by atoms with Crippen molar-refractivity contribution in [2.75, 3.05) is 6.61 Å². The van der Waals surface area contributed by atoms with Crippen LogP contribution >= 0.6 is 0 Å². The smallest absolute Gasteiger partial charge is 0.247 e. The van der Waals surface area contributed by atoms with Gasteiger partial charge in [0, 0.05) is 0 Å². The Morgan fingerprint density at radius 2 is 2.00 bits per heavy atom. The normalized spacial score (nSPS) is 11.8. The summed E-state index contributed by atoms with van der Waals surface area (Å²) in [5.41, 5.74) is 0. The third kappa shape index (κ3) is 6.24. The van der Waals surface area contributed by atoms with Crippen LogP contribution in [-0.2, 0) is 18.9 Å². The molecule has 0 unspecified atom stereocenters. The van der Waals surface area contributed by atoms with Gasteiger partial charge in [0.05, 0.1) is 6.61 Å². The third-order valence-corrected chi connectivity index (χ3v) is 1.78. The van der Waals surface area contributed by atoms with Crippen molar-refractivity contribution in [1.82, 2.24) is 0 Å². The number of nitrogens with two attached hydrogens (primary N) is 1. The first-order chi connectivity index (χ1) is 5.12. The highest BCUT2D eigenvalue weighted by Crippen LogP contribution is 1.97. The summed E-state index contributed by atoms with van der Waals surface area (Å²) in [7, 11) is -3.92. The van der Waals surface area contributed by atoms with Crippen molar-refractivity contribution < 1.29 is 16.9 Å². The van der Waals surface area contributed by atoms with Gasteiger partial charge in [0.15, 0.2) is 0 Å². The SMILES string of the molecule is CCCCCOS(=O)(=O)ON. The first-order valence-electron chi connectivity index (χ1n) is 3.40. The fraction of sp³-hybridized carbons (Fsp3) is 1.00. The minimum atomic E-state index is -3.92. The molecule has 2 N–H and O–H groups in total. The predicted octanol–water partition coefficient (Wildman–Crippen LogP) is 0.328. The van der Waals surface area contributed by atoms with Gasteiger partial charge in [-0.2, -0.15) is 18.6 Å². The first kappa shape index (κ1) is 10.8. The number of unbranched alkanes of at least 4 members (excludes halogenated alkanes) is 2. The van der Waals surface area contributed by atoms with E-state index in [0.717, 1.165) is 12.8 Å². The average molecular weight is 183 g/mol. The van der Waals surface area contributed by atoms with Crippen LogP contribution in [0.5, 0.6) is 0 Å². The summed E-state index contributed by atoms with van der Waals surface area (Å²) in [4.78, 5) is 0. The van der Waals surface area contributed by atoms with E-state index in [2.05, 4.69) is 14.4 Å². The van der Waals surface area contributed by atoms with E-state index < -0.39 is 10.4 Å². The van der Waals surface area contributed by atoms with E-state index in [-0.39, 0.29) is 6.61 Å². The lowest BCUT2D eigenvalue weighted by atomic mass is 10.3. The van der Waals surface area contributed by atoms with Gasteiger partial charge >= 0.3 is 10.4 Å². The van der Waals surface area contributed by atoms with Gasteiger partial charge in [-0.3, -0.25) is 0 Å². The van der Waals surface area contributed by atoms with Gasteiger partial charge in [0.2, 0.25) is 0 Å². The first-order valence-corrected chi connectivity index (χ1v) is 4.73. The van der Waals surface area contributed by atoms with Crippen LogP contribution in [0.2, 0.25) is 0 Å². The number of rotatable bonds is 6. The van der Waals surface area contributed by atoms with Crippen LogP contribution in [0.25, 0.3) is 0 Å². The van der Waals surface area contributed by atoms with Crippen molar-refractivity contribution >= 4 is 10.4 Å². The Hall–Kier alpha value is -0.170. The molecular weight excluding hydrogens is 170 g/mol. The Morgan fingerprint density at radius 1 is 1.36 bits per heavy atom. The zero-order valence-corrected chi connectivity index (χ0v) is 7.26. The molecule has 0 aliphatic rings. The lowest BCUT2D eigenvalue weighted by Gasteiger charge is -2.00. The topological polar surface area (TPSA) is 78.6 Å². The summed E-state index contributed by atoms with van der Waals surface area (Å²) in [5.74, 6) is 4.41. The van der Waals surface area contributed by atoms with E-state index in [1.807, 2.05) is 6.92 Å². The Labute approximate surface area is 66.8 Å². The van der Waals surface area contributed by atoms with Crippen LogP contribution < -0.4 is 5.90 Å². The summed E-state index contributed by atoms with van der Waals surface area (Å²) in [5, 5.41) is 0. The van der Waals surface area contributed by atoms with Crippen molar-refractivity contribution in [3.8, 4) is 0 Å². The lowest BCUT2D eigenvalue weighted by Crippen LogP contribution is -2.14. The largest absolute Gasteiger partial charge is 0.415 e. The fourth-order valence-electron chi connectivity index (χ4n) is 0.541. The molecule has 0 aromatic rings. The van der Waals surface area contributed by atoms with Crippen LogP contribution in [0.3, 0.4) is 0 Å². The Morgan fingerprint density at radius 3 is 2.45 bits per heavy atom. The van der Waals surface area contributed by atoms with Crippen molar-refractivity contribution in [2.45, 2.75) is 26.2 Å². The van der Waals surface area contributed by atoms with E-state index in [1.165, 1.54) is 0 Å². The number of hydrogen-bond donors (Lipinski definition) is 1. The molecule has 0 spiro atoms. The van der Waals surface area contributed by atoms with Crippen LogP contribution in [0.4, 0.5) is 0 Å². The Kier molecular flexibility index (Phi) is 5.39. The minimum absolute atomic E-state index is 0.132. The molecule has 0 atom stereocenters. The molecule has 0 heterocycles. The molecule has 68 valence electrons. The molecule has 0 fully saturated rings. The van der Waals surface area contributed by atoms with Gasteiger partial charge < -0.3 is 0 Å². The molecule has 11 heavy (non-hydrogen) atoms. The molecule has 0 radical (unpaired) electrons. The molecule has 0 rings (SSSR count). The zero-order chi connectivity index (χ0) is 8.74. The molecule has 0 aliphatic heterocycles. The highest BCUT2D eigenvalue weighted by molar-refractivity contribution is 7.81. The zero-order valence-electron chi connectivity index (χ0n) is 6.45. The second kappa shape index (κ2) is 5.48. The van der Waals surface area contributed by atoms with E-state index in [9.17, 15) is 8.42 Å². The van der Waals surface area contributed by atoms with Crippen molar-refractivity contribution in [3.63, 3.8) is 0 Å². The molecule has 0 aliphatic carbocycles. The molecular formula is C5H13NO4S. The molecule has 0 saturated heterocycles. The molecule has 0 saturated carbocycles. The average Bonchev–Trinajstić information content (AvgIpc) is 1.99. The monoisotopic (exact) mass is 183 g/mol. The van der Waals surface area contributed by atoms with Crippen LogP contribution in [-0.4, -0.2) is 15.0 Å². The Bertz CT molecular complexity index is 177. The van der Waals surface area contributed by atoms with E-state index in [4.69, 9.17) is 0 Å². The third-order valence-electron chi connectivity index (χ3n) is 1.09. The van der Waals surface area contributed by atoms with Gasteiger partial charge in [-0.1, -0.05) is 19.8 Å². The quantitative estimate of drug-likeness (QED) is 0.474. The minimum Gasteiger partial charge on any atom is -0.247 e. The summed E-state index contributed by atoms with van der Waals surface area (Å²) in [6, 6.07) is 0. The summed E-state index contributed by atoms with van der Waals surface area (Å²) in [6.07, 6.45) is 2.63. The van der Waals surface area contributed by atoms with E-state index in [0.29, 0.717) is 6.42 Å². The lowest BCUT2D eigenvalue weighted by molar-refractivity contribution is 0.215. The summed E-state index contributed by atoms with van der Waals surface area (Å²) < 4.78 is 28.7. The Balaban J connectivity index is 3.39. The maximum Gasteiger partial charge on any atom is 0.415 e. The standard InChI is InChI=1S/C5H13NO4S/c1-2-3-4-5-9-11(7,8)10-6/h2-6H2,1H3. The van der Waals surface area contributed by atoms with Gasteiger partial charge in [-0.15, -0.1) is 0 Å². The molecule has 0 amide bonds. The molecule has 5 nitrogen and oxygen atoms in total. The van der Waals surface area contributed by atoms with Gasteiger partial charge in [-0.05, 0) is 6.42 Å². The fourth-order valence-corrected chi connectivity index (χ4v) is 0.918. The molecule has 0 bridgehead atoms. The van der Waals surface area contributed by atoms with E-state index >= 15 is 0 Å². The van der Waals surface area contributed by atoms with Crippen LogP contribution in [0.1, 0.15) is 26.2 Å². The maximum absolute atomic E-state index is 10.4. The predicted molar refractivity (Wildman–Crippen MR) is 39.7 cm³/mol. The number of hydrogen-bond acceptors (Lipinski definition) is 5. The van der Waals surface area contributed by atoms with Crippen molar-refractivity contribution in [1.29, 1.82) is 0 Å². The van der Waals surface area contributed by atoms with Gasteiger partial charge in [0.25, 0.3) is 0 Å². The van der Waals surface area contributed by atoms with Gasteiger partial charge in [0.1, 0.15) is 0 Å². The maximum atomic E-state index is 10.4. The van der Waals surface area contributed by atoms with Crippen LogP contribution in [0.15, 0.2) is 0 Å². The van der Waals surface area contributed by atoms with Crippen LogP contribution in [0, 0.1) is 0 Å². The van der Waals surface area contributed by atoms with Crippen molar-refractivity contribution in [3.05, 3.63) is 0 Å². The van der Waals surface area contributed by atoms with Crippen molar-refractivity contribution in [2.24, 2.45) is 5.90 Å². The summed E-state index contributed by atoms with van der Waals surface area (Å²) in [6.45, 7) is 2.14. The molecule has 6 heteroatoms. The second-order valence-electron chi connectivity index (χ2n) is 2.03. The highest BCUT2D eigenvalue weighted by Gasteiger charge is 2.07. The van der Waals surface area contributed by atoms with Gasteiger partial charge in [-0.25, -0.2) is 4.18 Å². The molecule has 0 aromatic heterocycles.